The molecule has 98 valence electrons. The molecule has 0 saturated heterocycles. The Morgan fingerprint density at radius 1 is 1.44 bits per heavy atom. The SMILES string of the molecule is CCC(CC)C(=O)Nc1ccc(F)cc1[N+](=O)[O-]. The number of carbonyl (C=O) groups is 1. The van der Waals surface area contributed by atoms with Crippen molar-refractivity contribution < 1.29 is 14.1 Å². The van der Waals surface area contributed by atoms with Gasteiger partial charge in [0.05, 0.1) is 11.0 Å². The average molecular weight is 254 g/mol. The van der Waals surface area contributed by atoms with Crippen LogP contribution in [0.1, 0.15) is 26.7 Å². The number of nitro benzene ring substituents is 1. The van der Waals surface area contributed by atoms with E-state index in [1.807, 2.05) is 13.8 Å². The second kappa shape index (κ2) is 6.09. The van der Waals surface area contributed by atoms with Crippen LogP contribution in [-0.2, 0) is 4.79 Å². The van der Waals surface area contributed by atoms with E-state index in [9.17, 15) is 19.3 Å². The molecule has 6 heteroatoms. The van der Waals surface area contributed by atoms with Gasteiger partial charge in [-0.25, -0.2) is 4.39 Å². The van der Waals surface area contributed by atoms with Gasteiger partial charge < -0.3 is 5.32 Å². The maximum absolute atomic E-state index is 12.9. The summed E-state index contributed by atoms with van der Waals surface area (Å²) in [6.45, 7) is 3.74. The summed E-state index contributed by atoms with van der Waals surface area (Å²) in [5.41, 5.74) is -0.410. The number of nitrogens with one attached hydrogen (secondary N) is 1. The molecule has 0 bridgehead atoms. The van der Waals surface area contributed by atoms with E-state index in [4.69, 9.17) is 0 Å². The van der Waals surface area contributed by atoms with Gasteiger partial charge in [-0.05, 0) is 25.0 Å². The van der Waals surface area contributed by atoms with E-state index in [-0.39, 0.29) is 17.5 Å². The molecule has 0 fully saturated rings. The van der Waals surface area contributed by atoms with Gasteiger partial charge >= 0.3 is 0 Å². The smallest absolute Gasteiger partial charge is 0.295 e. The lowest BCUT2D eigenvalue weighted by atomic mass is 10.0. The summed E-state index contributed by atoms with van der Waals surface area (Å²) in [5, 5.41) is 13.2. The highest BCUT2D eigenvalue weighted by molar-refractivity contribution is 5.94. The Balaban J connectivity index is 2.97. The Labute approximate surface area is 104 Å². The molecule has 0 radical (unpaired) electrons. The van der Waals surface area contributed by atoms with E-state index in [2.05, 4.69) is 5.32 Å². The van der Waals surface area contributed by atoms with E-state index in [0.717, 1.165) is 12.1 Å². The number of benzene rings is 1. The molecule has 0 spiro atoms. The maximum Gasteiger partial charge on any atom is 0.295 e. The molecular weight excluding hydrogens is 239 g/mol. The highest BCUT2D eigenvalue weighted by atomic mass is 19.1. The topological polar surface area (TPSA) is 72.2 Å². The highest BCUT2D eigenvalue weighted by Gasteiger charge is 2.20. The van der Waals surface area contributed by atoms with Crippen LogP contribution in [0.4, 0.5) is 15.8 Å². The number of nitro groups is 1. The summed E-state index contributed by atoms with van der Waals surface area (Å²) in [5.74, 6) is -1.19. The molecule has 1 rings (SSSR count). The summed E-state index contributed by atoms with van der Waals surface area (Å²) in [7, 11) is 0. The molecule has 0 aliphatic heterocycles. The van der Waals surface area contributed by atoms with E-state index in [0.29, 0.717) is 12.8 Å². The van der Waals surface area contributed by atoms with Crippen LogP contribution in [0.3, 0.4) is 0 Å². The van der Waals surface area contributed by atoms with Crippen molar-refractivity contribution in [1.29, 1.82) is 0 Å². The molecule has 0 unspecified atom stereocenters. The van der Waals surface area contributed by atoms with Crippen LogP contribution in [0.25, 0.3) is 0 Å². The molecule has 5 nitrogen and oxygen atoms in total. The number of nitrogens with zero attached hydrogens (tertiary/aromatic N) is 1. The van der Waals surface area contributed by atoms with Crippen molar-refractivity contribution in [1.82, 2.24) is 0 Å². The Bertz CT molecular complexity index is 459. The first-order valence-electron chi connectivity index (χ1n) is 5.74. The molecule has 0 atom stereocenters. The molecule has 1 amide bonds. The summed E-state index contributed by atoms with van der Waals surface area (Å²) >= 11 is 0. The lowest BCUT2D eigenvalue weighted by Gasteiger charge is -2.12. The van der Waals surface area contributed by atoms with Crippen LogP contribution in [0.15, 0.2) is 18.2 Å². The largest absolute Gasteiger partial charge is 0.320 e. The minimum Gasteiger partial charge on any atom is -0.320 e. The van der Waals surface area contributed by atoms with Crippen LogP contribution in [0.5, 0.6) is 0 Å². The van der Waals surface area contributed by atoms with Gasteiger partial charge in [0.2, 0.25) is 5.91 Å². The summed E-state index contributed by atoms with van der Waals surface area (Å²) in [6, 6.07) is 3.08. The fraction of sp³-hybridized carbons (Fsp3) is 0.417. The quantitative estimate of drug-likeness (QED) is 0.648. The molecule has 0 saturated carbocycles. The summed E-state index contributed by atoms with van der Waals surface area (Å²) < 4.78 is 12.9. The minimum atomic E-state index is -0.717. The molecule has 0 heterocycles. The number of carbonyl (C=O) groups excluding carboxylic acids is 1. The van der Waals surface area contributed by atoms with Gasteiger partial charge in [0.15, 0.2) is 0 Å². The fourth-order valence-corrected chi connectivity index (χ4v) is 1.66. The van der Waals surface area contributed by atoms with E-state index in [1.165, 1.54) is 6.07 Å². The number of hydrogen-bond donors (Lipinski definition) is 1. The van der Waals surface area contributed by atoms with Crippen molar-refractivity contribution in [2.24, 2.45) is 5.92 Å². The monoisotopic (exact) mass is 254 g/mol. The minimum absolute atomic E-state index is 0.0262. The van der Waals surface area contributed by atoms with E-state index >= 15 is 0 Å². The third-order valence-electron chi connectivity index (χ3n) is 2.77. The third kappa shape index (κ3) is 3.26. The molecular formula is C12H15FN2O3. The van der Waals surface area contributed by atoms with Gasteiger partial charge in [0.1, 0.15) is 11.5 Å². The second-order valence-corrected chi connectivity index (χ2v) is 3.92. The van der Waals surface area contributed by atoms with Gasteiger partial charge in [0, 0.05) is 5.92 Å². The van der Waals surface area contributed by atoms with Crippen LogP contribution < -0.4 is 5.32 Å². The zero-order chi connectivity index (χ0) is 13.7. The number of rotatable bonds is 5. The lowest BCUT2D eigenvalue weighted by molar-refractivity contribution is -0.384. The normalized spacial score (nSPS) is 10.4. The van der Waals surface area contributed by atoms with Crippen molar-refractivity contribution in [3.05, 3.63) is 34.1 Å². The first-order chi connectivity index (χ1) is 8.49. The summed E-state index contributed by atoms with van der Waals surface area (Å²) in [4.78, 5) is 21.8. The summed E-state index contributed by atoms with van der Waals surface area (Å²) in [6.07, 6.45) is 1.30. The van der Waals surface area contributed by atoms with E-state index in [1.54, 1.807) is 0 Å². The maximum atomic E-state index is 12.9. The molecule has 1 aromatic rings. The van der Waals surface area contributed by atoms with Crippen molar-refractivity contribution in [3.8, 4) is 0 Å². The van der Waals surface area contributed by atoms with Gasteiger partial charge in [-0.1, -0.05) is 13.8 Å². The Morgan fingerprint density at radius 3 is 2.56 bits per heavy atom. The first-order valence-corrected chi connectivity index (χ1v) is 5.74. The first kappa shape index (κ1) is 14.1. The van der Waals surface area contributed by atoms with Gasteiger partial charge in [-0.3, -0.25) is 14.9 Å². The Hall–Kier alpha value is -1.98. The number of amides is 1. The van der Waals surface area contributed by atoms with Crippen molar-refractivity contribution >= 4 is 17.3 Å². The molecule has 1 aromatic carbocycles. The highest BCUT2D eigenvalue weighted by Crippen LogP contribution is 2.26. The van der Waals surface area contributed by atoms with Crippen molar-refractivity contribution in [2.45, 2.75) is 26.7 Å². The van der Waals surface area contributed by atoms with Crippen molar-refractivity contribution in [2.75, 3.05) is 5.32 Å². The molecule has 0 aliphatic rings. The fourth-order valence-electron chi connectivity index (χ4n) is 1.66. The van der Waals surface area contributed by atoms with Crippen LogP contribution >= 0.6 is 0 Å². The Kier molecular flexibility index (Phi) is 4.76. The molecule has 0 aromatic heterocycles. The predicted molar refractivity (Wildman–Crippen MR) is 65.8 cm³/mol. The molecule has 0 aliphatic carbocycles. The van der Waals surface area contributed by atoms with Gasteiger partial charge in [-0.2, -0.15) is 0 Å². The number of halogens is 1. The van der Waals surface area contributed by atoms with Crippen molar-refractivity contribution in [3.63, 3.8) is 0 Å². The second-order valence-electron chi connectivity index (χ2n) is 3.92. The van der Waals surface area contributed by atoms with Crippen LogP contribution in [0.2, 0.25) is 0 Å². The third-order valence-corrected chi connectivity index (χ3v) is 2.77. The standard InChI is InChI=1S/C12H15FN2O3/c1-3-8(4-2)12(16)14-10-6-5-9(13)7-11(10)15(17)18/h5-8H,3-4H2,1-2H3,(H,14,16). The predicted octanol–water partition coefficient (Wildman–Crippen LogP) is 3.11. The zero-order valence-electron chi connectivity index (χ0n) is 10.3. The number of anilines is 1. The van der Waals surface area contributed by atoms with Gasteiger partial charge in [-0.15, -0.1) is 0 Å². The molecule has 18 heavy (non-hydrogen) atoms. The average Bonchev–Trinajstić information content (AvgIpc) is 2.32. The Morgan fingerprint density at radius 2 is 2.06 bits per heavy atom. The molecule has 1 N–H and O–H groups in total. The number of hydrogen-bond acceptors (Lipinski definition) is 3. The van der Waals surface area contributed by atoms with E-state index < -0.39 is 16.4 Å². The van der Waals surface area contributed by atoms with Crippen LogP contribution in [-0.4, -0.2) is 10.8 Å². The zero-order valence-corrected chi connectivity index (χ0v) is 10.3. The van der Waals surface area contributed by atoms with Crippen LogP contribution in [0, 0.1) is 21.8 Å². The lowest BCUT2D eigenvalue weighted by Crippen LogP contribution is -2.22. The van der Waals surface area contributed by atoms with Gasteiger partial charge in [0.25, 0.3) is 5.69 Å².